The van der Waals surface area contributed by atoms with Crippen molar-refractivity contribution in [2.45, 2.75) is 13.0 Å². The van der Waals surface area contributed by atoms with Gasteiger partial charge < -0.3 is 9.73 Å². The van der Waals surface area contributed by atoms with Gasteiger partial charge in [-0.3, -0.25) is 0 Å². The second-order valence-electron chi connectivity index (χ2n) is 4.28. The predicted molar refractivity (Wildman–Crippen MR) is 61.9 cm³/mol. The van der Waals surface area contributed by atoms with Crippen molar-refractivity contribution in [2.24, 2.45) is 5.92 Å². The number of nitrogens with one attached hydrogen (secondary N) is 1. The molecule has 1 fully saturated rings. The molecule has 1 aromatic rings. The molecule has 0 spiro atoms. The Labute approximate surface area is 100 Å². The van der Waals surface area contributed by atoms with E-state index in [2.05, 4.69) is 5.32 Å². The largest absolute Gasteiger partial charge is 0.449 e. The van der Waals surface area contributed by atoms with E-state index in [9.17, 15) is 8.42 Å². The lowest BCUT2D eigenvalue weighted by Gasteiger charge is -2.07. The quantitative estimate of drug-likeness (QED) is 0.854. The van der Waals surface area contributed by atoms with Crippen molar-refractivity contribution in [3.63, 3.8) is 0 Å². The van der Waals surface area contributed by atoms with E-state index in [-0.39, 0.29) is 11.7 Å². The third-order valence-electron chi connectivity index (χ3n) is 2.83. The highest BCUT2D eigenvalue weighted by Crippen LogP contribution is 2.17. The van der Waals surface area contributed by atoms with Gasteiger partial charge in [0.1, 0.15) is 11.8 Å². The van der Waals surface area contributed by atoms with Crippen LogP contribution < -0.4 is 5.32 Å². The monoisotopic (exact) mass is 254 g/mol. The van der Waals surface area contributed by atoms with Crippen LogP contribution in [0.15, 0.2) is 16.5 Å². The second-order valence-corrected chi connectivity index (χ2v) is 6.51. The van der Waals surface area contributed by atoms with Gasteiger partial charge in [-0.05, 0) is 31.0 Å². The SMILES string of the molecule is N#Cc1ccc(CNCC2CCS(=O)(=O)C2)o1. The van der Waals surface area contributed by atoms with E-state index in [0.29, 0.717) is 30.4 Å². The fraction of sp³-hybridized carbons (Fsp3) is 0.545. The zero-order valence-corrected chi connectivity index (χ0v) is 10.2. The number of sulfone groups is 1. The Kier molecular flexibility index (Phi) is 3.50. The molecule has 2 rings (SSSR count). The van der Waals surface area contributed by atoms with E-state index in [0.717, 1.165) is 6.42 Å². The van der Waals surface area contributed by atoms with Gasteiger partial charge in [-0.15, -0.1) is 0 Å². The number of furan rings is 1. The van der Waals surface area contributed by atoms with Crippen LogP contribution in [0.2, 0.25) is 0 Å². The van der Waals surface area contributed by atoms with E-state index in [1.807, 2.05) is 6.07 Å². The van der Waals surface area contributed by atoms with Gasteiger partial charge in [0.2, 0.25) is 5.76 Å². The fourth-order valence-corrected chi connectivity index (χ4v) is 3.83. The zero-order valence-electron chi connectivity index (χ0n) is 9.35. The highest BCUT2D eigenvalue weighted by molar-refractivity contribution is 7.91. The van der Waals surface area contributed by atoms with Crippen molar-refractivity contribution in [2.75, 3.05) is 18.1 Å². The van der Waals surface area contributed by atoms with Crippen molar-refractivity contribution in [3.8, 4) is 6.07 Å². The van der Waals surface area contributed by atoms with E-state index in [4.69, 9.17) is 9.68 Å². The summed E-state index contributed by atoms with van der Waals surface area (Å²) >= 11 is 0. The van der Waals surface area contributed by atoms with Crippen LogP contribution in [0.25, 0.3) is 0 Å². The molecule has 1 aliphatic heterocycles. The van der Waals surface area contributed by atoms with E-state index in [1.54, 1.807) is 12.1 Å². The van der Waals surface area contributed by atoms with Gasteiger partial charge in [0.25, 0.3) is 0 Å². The molecular formula is C11H14N2O3S. The Morgan fingerprint density at radius 1 is 1.53 bits per heavy atom. The van der Waals surface area contributed by atoms with Crippen LogP contribution in [0.1, 0.15) is 17.9 Å². The van der Waals surface area contributed by atoms with Gasteiger partial charge >= 0.3 is 0 Å². The summed E-state index contributed by atoms with van der Waals surface area (Å²) < 4.78 is 27.7. The number of hydrogen-bond acceptors (Lipinski definition) is 5. The first-order valence-electron chi connectivity index (χ1n) is 5.49. The maximum Gasteiger partial charge on any atom is 0.203 e. The van der Waals surface area contributed by atoms with E-state index < -0.39 is 9.84 Å². The lowest BCUT2D eigenvalue weighted by molar-refractivity contribution is 0.451. The third kappa shape index (κ3) is 3.32. The molecule has 6 heteroatoms. The van der Waals surface area contributed by atoms with E-state index >= 15 is 0 Å². The molecule has 92 valence electrons. The maximum atomic E-state index is 11.2. The van der Waals surface area contributed by atoms with Crippen molar-refractivity contribution < 1.29 is 12.8 Å². The van der Waals surface area contributed by atoms with Crippen LogP contribution in [0.4, 0.5) is 0 Å². The molecule has 0 saturated carbocycles. The van der Waals surface area contributed by atoms with Gasteiger partial charge in [0.05, 0.1) is 18.1 Å². The molecule has 1 aromatic heterocycles. The van der Waals surface area contributed by atoms with Crippen molar-refractivity contribution in [3.05, 3.63) is 23.7 Å². The van der Waals surface area contributed by atoms with Crippen LogP contribution in [-0.4, -0.2) is 26.5 Å². The molecule has 17 heavy (non-hydrogen) atoms. The smallest absolute Gasteiger partial charge is 0.203 e. The molecular weight excluding hydrogens is 240 g/mol. The highest BCUT2D eigenvalue weighted by Gasteiger charge is 2.27. The summed E-state index contributed by atoms with van der Waals surface area (Å²) in [6.07, 6.45) is 0.733. The molecule has 1 atom stereocenters. The van der Waals surface area contributed by atoms with Gasteiger partial charge in [-0.2, -0.15) is 5.26 Å². The molecule has 1 aliphatic rings. The first-order valence-corrected chi connectivity index (χ1v) is 7.31. The Balaban J connectivity index is 1.75. The van der Waals surface area contributed by atoms with Crippen LogP contribution in [-0.2, 0) is 16.4 Å². The van der Waals surface area contributed by atoms with Gasteiger partial charge in [0.15, 0.2) is 9.84 Å². The summed E-state index contributed by atoms with van der Waals surface area (Å²) in [5, 5.41) is 11.7. The first kappa shape index (κ1) is 12.1. The standard InChI is InChI=1S/C11H14N2O3S/c12-5-10-1-2-11(16-10)7-13-6-9-3-4-17(14,15)8-9/h1-2,9,13H,3-4,6-8H2. The molecule has 1 unspecified atom stereocenters. The van der Waals surface area contributed by atoms with Crippen LogP contribution in [0.3, 0.4) is 0 Å². The summed E-state index contributed by atoms with van der Waals surface area (Å²) in [7, 11) is -2.80. The Bertz CT molecular complexity index is 527. The molecule has 2 heterocycles. The number of hydrogen-bond donors (Lipinski definition) is 1. The van der Waals surface area contributed by atoms with Crippen molar-refractivity contribution >= 4 is 9.84 Å². The van der Waals surface area contributed by atoms with Crippen molar-refractivity contribution in [1.29, 1.82) is 5.26 Å². The Hall–Kier alpha value is -1.32. The molecule has 0 amide bonds. The van der Waals surface area contributed by atoms with Gasteiger partial charge in [0, 0.05) is 0 Å². The summed E-state index contributed by atoms with van der Waals surface area (Å²) in [5.41, 5.74) is 0. The lowest BCUT2D eigenvalue weighted by atomic mass is 10.1. The average molecular weight is 254 g/mol. The number of rotatable bonds is 4. The molecule has 0 bridgehead atoms. The predicted octanol–water partition coefficient (Wildman–Crippen LogP) is 0.676. The maximum absolute atomic E-state index is 11.2. The molecule has 1 saturated heterocycles. The topological polar surface area (TPSA) is 83.1 Å². The van der Waals surface area contributed by atoms with Crippen LogP contribution >= 0.6 is 0 Å². The van der Waals surface area contributed by atoms with Gasteiger partial charge in [-0.1, -0.05) is 0 Å². The van der Waals surface area contributed by atoms with Gasteiger partial charge in [-0.25, -0.2) is 8.42 Å². The third-order valence-corrected chi connectivity index (χ3v) is 4.67. The normalized spacial score (nSPS) is 22.4. The minimum Gasteiger partial charge on any atom is -0.449 e. The Morgan fingerprint density at radius 3 is 2.94 bits per heavy atom. The summed E-state index contributed by atoms with van der Waals surface area (Å²) in [6.45, 7) is 1.19. The average Bonchev–Trinajstić information content (AvgIpc) is 2.85. The lowest BCUT2D eigenvalue weighted by Crippen LogP contribution is -2.23. The van der Waals surface area contributed by atoms with E-state index in [1.165, 1.54) is 0 Å². The molecule has 0 aromatic carbocycles. The van der Waals surface area contributed by atoms with Crippen LogP contribution in [0.5, 0.6) is 0 Å². The summed E-state index contributed by atoms with van der Waals surface area (Å²) in [6, 6.07) is 5.28. The summed E-state index contributed by atoms with van der Waals surface area (Å²) in [4.78, 5) is 0. The second kappa shape index (κ2) is 4.90. The zero-order chi connectivity index (χ0) is 12.3. The summed E-state index contributed by atoms with van der Waals surface area (Å²) in [5.74, 6) is 1.78. The first-order chi connectivity index (χ1) is 8.09. The number of nitrogens with zero attached hydrogens (tertiary/aromatic N) is 1. The number of nitriles is 1. The molecule has 5 nitrogen and oxygen atoms in total. The highest BCUT2D eigenvalue weighted by atomic mass is 32.2. The molecule has 0 radical (unpaired) electrons. The van der Waals surface area contributed by atoms with Crippen molar-refractivity contribution in [1.82, 2.24) is 5.32 Å². The minimum atomic E-state index is -2.80. The molecule has 0 aliphatic carbocycles. The fourth-order valence-electron chi connectivity index (χ4n) is 1.97. The minimum absolute atomic E-state index is 0.199. The van der Waals surface area contributed by atoms with Crippen LogP contribution in [0, 0.1) is 17.2 Å². The Morgan fingerprint density at radius 2 is 2.35 bits per heavy atom. The molecule has 1 N–H and O–H groups in total.